The maximum Gasteiger partial charge on any atom is 0.254 e. The number of halogens is 2. The lowest BCUT2D eigenvalue weighted by molar-refractivity contribution is -0.111. The Hall–Kier alpha value is -4.36. The summed E-state index contributed by atoms with van der Waals surface area (Å²) in [5.41, 5.74) is 3.88. The monoisotopic (exact) mass is 543 g/mol. The van der Waals surface area contributed by atoms with Crippen LogP contribution in [0.4, 0.5) is 15.8 Å². The van der Waals surface area contributed by atoms with Gasteiger partial charge in [-0.15, -0.1) is 0 Å². The lowest BCUT2D eigenvalue weighted by Gasteiger charge is -2.36. The van der Waals surface area contributed by atoms with Crippen LogP contribution < -0.4 is 10.2 Å². The molecule has 0 aliphatic carbocycles. The van der Waals surface area contributed by atoms with Crippen molar-refractivity contribution in [2.75, 3.05) is 36.4 Å². The number of anilines is 2. The zero-order valence-electron chi connectivity index (χ0n) is 21.4. The minimum absolute atomic E-state index is 0.0474. The van der Waals surface area contributed by atoms with E-state index in [0.29, 0.717) is 48.4 Å². The summed E-state index contributed by atoms with van der Waals surface area (Å²) in [4.78, 5) is 29.4. The molecule has 198 valence electrons. The lowest BCUT2D eigenvalue weighted by Crippen LogP contribution is -2.49. The number of carbonyl (C=O) groups is 2. The Kier molecular flexibility index (Phi) is 7.79. The fourth-order valence-electron chi connectivity index (χ4n) is 4.53. The summed E-state index contributed by atoms with van der Waals surface area (Å²) < 4.78 is 18.9. The molecule has 1 aliphatic rings. The molecule has 39 heavy (non-hydrogen) atoms. The van der Waals surface area contributed by atoms with E-state index < -0.39 is 0 Å². The van der Waals surface area contributed by atoms with Gasteiger partial charge in [-0.1, -0.05) is 29.8 Å². The summed E-state index contributed by atoms with van der Waals surface area (Å²) in [5.74, 6) is 0.479. The van der Waals surface area contributed by atoms with E-state index in [4.69, 9.17) is 16.0 Å². The summed E-state index contributed by atoms with van der Waals surface area (Å²) in [5, 5.41) is 3.33. The summed E-state index contributed by atoms with van der Waals surface area (Å²) in [6, 6.07) is 22.5. The maximum absolute atomic E-state index is 13.1. The van der Waals surface area contributed by atoms with Crippen molar-refractivity contribution in [3.8, 4) is 11.3 Å². The Morgan fingerprint density at radius 1 is 0.949 bits per heavy atom. The number of hydrogen-bond donors (Lipinski definition) is 1. The van der Waals surface area contributed by atoms with Gasteiger partial charge in [0.05, 0.1) is 10.7 Å². The van der Waals surface area contributed by atoms with Crippen molar-refractivity contribution in [2.24, 2.45) is 0 Å². The third kappa shape index (κ3) is 6.21. The molecule has 0 unspecified atom stereocenters. The second kappa shape index (κ2) is 11.6. The van der Waals surface area contributed by atoms with Gasteiger partial charge >= 0.3 is 0 Å². The van der Waals surface area contributed by atoms with Crippen molar-refractivity contribution in [1.82, 2.24) is 4.90 Å². The Morgan fingerprint density at radius 2 is 1.69 bits per heavy atom. The van der Waals surface area contributed by atoms with Gasteiger partial charge in [0.15, 0.2) is 0 Å². The maximum atomic E-state index is 13.1. The molecule has 1 fully saturated rings. The largest absolute Gasteiger partial charge is 0.457 e. The molecule has 2 amide bonds. The van der Waals surface area contributed by atoms with Gasteiger partial charge in [-0.05, 0) is 79.2 Å². The number of benzene rings is 3. The standard InChI is InChI=1S/C31H27ClFN3O3/c1-21-4-2-3-5-26(21)31(38)36-18-16-35(17-19-36)28-13-10-24(20-27(28)32)34-30(37)15-12-25-11-14-29(39-25)22-6-8-23(33)9-7-22/h2-15,20H,16-19H2,1H3,(H,34,37)/b15-12+. The quantitative estimate of drug-likeness (QED) is 0.276. The predicted octanol–water partition coefficient (Wildman–Crippen LogP) is 6.66. The Labute approximate surface area is 231 Å². The highest BCUT2D eigenvalue weighted by molar-refractivity contribution is 6.33. The molecular weight excluding hydrogens is 517 g/mol. The lowest BCUT2D eigenvalue weighted by atomic mass is 10.1. The second-order valence-electron chi connectivity index (χ2n) is 9.29. The molecule has 0 spiro atoms. The van der Waals surface area contributed by atoms with Crippen molar-refractivity contribution in [3.63, 3.8) is 0 Å². The first-order chi connectivity index (χ1) is 18.9. The Bertz CT molecular complexity index is 1520. The van der Waals surface area contributed by atoms with E-state index in [9.17, 15) is 14.0 Å². The molecule has 0 saturated carbocycles. The van der Waals surface area contributed by atoms with Crippen LogP contribution >= 0.6 is 11.6 Å². The van der Waals surface area contributed by atoms with Gasteiger partial charge in [-0.3, -0.25) is 9.59 Å². The van der Waals surface area contributed by atoms with Crippen LogP contribution in [0.15, 0.2) is 89.4 Å². The summed E-state index contributed by atoms with van der Waals surface area (Å²) in [6.45, 7) is 4.47. The van der Waals surface area contributed by atoms with Gasteiger partial charge < -0.3 is 19.5 Å². The molecule has 0 atom stereocenters. The number of carbonyl (C=O) groups excluding carboxylic acids is 2. The van der Waals surface area contributed by atoms with Gasteiger partial charge in [0.25, 0.3) is 5.91 Å². The number of nitrogens with zero attached hydrogens (tertiary/aromatic N) is 2. The molecular formula is C31H27ClFN3O3. The fraction of sp³-hybridized carbons (Fsp3) is 0.161. The van der Waals surface area contributed by atoms with E-state index in [2.05, 4.69) is 10.2 Å². The van der Waals surface area contributed by atoms with E-state index in [1.54, 1.807) is 42.5 Å². The average molecular weight is 544 g/mol. The van der Waals surface area contributed by atoms with Gasteiger partial charge in [0, 0.05) is 49.1 Å². The van der Waals surface area contributed by atoms with Crippen LogP contribution in [0, 0.1) is 12.7 Å². The van der Waals surface area contributed by atoms with Crippen molar-refractivity contribution >= 4 is 40.9 Å². The first-order valence-electron chi connectivity index (χ1n) is 12.6. The van der Waals surface area contributed by atoms with Crippen LogP contribution in [-0.4, -0.2) is 42.9 Å². The van der Waals surface area contributed by atoms with Gasteiger partial charge in [-0.2, -0.15) is 0 Å². The van der Waals surface area contributed by atoms with E-state index in [0.717, 1.165) is 22.4 Å². The highest BCUT2D eigenvalue weighted by Crippen LogP contribution is 2.30. The summed E-state index contributed by atoms with van der Waals surface area (Å²) in [6.07, 6.45) is 2.94. The first-order valence-corrected chi connectivity index (χ1v) is 13.0. The molecule has 1 saturated heterocycles. The van der Waals surface area contributed by atoms with E-state index in [1.165, 1.54) is 18.2 Å². The third-order valence-corrected chi connectivity index (χ3v) is 6.96. The van der Waals surface area contributed by atoms with Gasteiger partial charge in [0.2, 0.25) is 5.91 Å². The predicted molar refractivity (Wildman–Crippen MR) is 153 cm³/mol. The topological polar surface area (TPSA) is 65.8 Å². The molecule has 4 aromatic rings. The van der Waals surface area contributed by atoms with Crippen LogP contribution in [0.3, 0.4) is 0 Å². The molecule has 0 bridgehead atoms. The normalized spacial score (nSPS) is 13.6. The average Bonchev–Trinajstić information content (AvgIpc) is 3.42. The van der Waals surface area contributed by atoms with Crippen molar-refractivity contribution in [1.29, 1.82) is 0 Å². The molecule has 5 rings (SSSR count). The van der Waals surface area contributed by atoms with Crippen LogP contribution in [0.5, 0.6) is 0 Å². The van der Waals surface area contributed by atoms with Gasteiger partial charge in [0.1, 0.15) is 17.3 Å². The smallest absolute Gasteiger partial charge is 0.254 e. The van der Waals surface area contributed by atoms with E-state index in [-0.39, 0.29) is 17.6 Å². The number of furan rings is 1. The van der Waals surface area contributed by atoms with Crippen LogP contribution in [0.2, 0.25) is 5.02 Å². The third-order valence-electron chi connectivity index (χ3n) is 6.65. The molecule has 1 aliphatic heterocycles. The second-order valence-corrected chi connectivity index (χ2v) is 9.70. The van der Waals surface area contributed by atoms with E-state index in [1.807, 2.05) is 42.2 Å². The molecule has 3 aromatic carbocycles. The highest BCUT2D eigenvalue weighted by Gasteiger charge is 2.24. The summed E-state index contributed by atoms with van der Waals surface area (Å²) >= 11 is 6.58. The number of piperazine rings is 1. The Morgan fingerprint density at radius 3 is 2.41 bits per heavy atom. The molecule has 0 radical (unpaired) electrons. The van der Waals surface area contributed by atoms with Crippen molar-refractivity contribution < 1.29 is 18.4 Å². The molecule has 1 aromatic heterocycles. The molecule has 6 nitrogen and oxygen atoms in total. The number of aryl methyl sites for hydroxylation is 1. The van der Waals surface area contributed by atoms with Crippen LogP contribution in [0.25, 0.3) is 17.4 Å². The molecule has 8 heteroatoms. The number of hydrogen-bond acceptors (Lipinski definition) is 4. The minimum Gasteiger partial charge on any atom is -0.457 e. The minimum atomic E-state index is -0.332. The fourth-order valence-corrected chi connectivity index (χ4v) is 4.83. The summed E-state index contributed by atoms with van der Waals surface area (Å²) in [7, 11) is 0. The molecule has 2 heterocycles. The molecule has 1 N–H and O–H groups in total. The highest BCUT2D eigenvalue weighted by atomic mass is 35.5. The van der Waals surface area contributed by atoms with Gasteiger partial charge in [-0.25, -0.2) is 4.39 Å². The van der Waals surface area contributed by atoms with Crippen LogP contribution in [-0.2, 0) is 4.79 Å². The van der Waals surface area contributed by atoms with Crippen molar-refractivity contribution in [3.05, 3.63) is 113 Å². The zero-order valence-corrected chi connectivity index (χ0v) is 22.1. The number of nitrogens with one attached hydrogen (secondary N) is 1. The Balaban J connectivity index is 1.16. The van der Waals surface area contributed by atoms with Crippen molar-refractivity contribution in [2.45, 2.75) is 6.92 Å². The first kappa shape index (κ1) is 26.3. The number of amides is 2. The number of rotatable bonds is 6. The van der Waals surface area contributed by atoms with Crippen LogP contribution in [0.1, 0.15) is 21.7 Å². The van der Waals surface area contributed by atoms with E-state index >= 15 is 0 Å². The SMILES string of the molecule is Cc1ccccc1C(=O)N1CCN(c2ccc(NC(=O)/C=C/c3ccc(-c4ccc(F)cc4)o3)cc2Cl)CC1. The zero-order chi connectivity index (χ0) is 27.4.